The molecule has 0 radical (unpaired) electrons. The second-order valence-corrected chi connectivity index (χ2v) is 5.03. The lowest BCUT2D eigenvalue weighted by atomic mass is 10.0. The number of nitrogens with two attached hydrogens (primary N) is 2. The summed E-state index contributed by atoms with van der Waals surface area (Å²) in [5.41, 5.74) is 12.8. The van der Waals surface area contributed by atoms with E-state index in [4.69, 9.17) is 11.5 Å². The molecule has 0 bridgehead atoms. The van der Waals surface area contributed by atoms with Gasteiger partial charge in [-0.1, -0.05) is 63.3 Å². The summed E-state index contributed by atoms with van der Waals surface area (Å²) in [5.74, 6) is -0.0269. The fourth-order valence-electron chi connectivity index (χ4n) is 2.04. The van der Waals surface area contributed by atoms with Crippen LogP contribution in [0.4, 0.5) is 0 Å². The van der Waals surface area contributed by atoms with Crippen molar-refractivity contribution < 1.29 is 0 Å². The molecule has 0 amide bonds. The third-order valence-corrected chi connectivity index (χ3v) is 3.18. The molecule has 4 nitrogen and oxygen atoms in total. The van der Waals surface area contributed by atoms with Gasteiger partial charge in [0.2, 0.25) is 5.96 Å². The molecular weight excluding hydrogens is 248 g/mol. The summed E-state index contributed by atoms with van der Waals surface area (Å²) in [7, 11) is 0. The second-order valence-electron chi connectivity index (χ2n) is 5.03. The van der Waals surface area contributed by atoms with Crippen molar-refractivity contribution in [1.29, 1.82) is 0 Å². The molecule has 0 atom stereocenters. The maximum Gasteiger partial charge on any atom is 0.211 e. The van der Waals surface area contributed by atoms with E-state index >= 15 is 0 Å². The van der Waals surface area contributed by atoms with E-state index in [0.717, 1.165) is 12.0 Å². The molecule has 0 saturated heterocycles. The SMILES string of the molecule is CCCCCCCCc1ccc(/C=N/N=C(N)N)cc1. The predicted molar refractivity (Wildman–Crippen MR) is 86.9 cm³/mol. The second kappa shape index (κ2) is 10.0. The van der Waals surface area contributed by atoms with E-state index in [0.29, 0.717) is 0 Å². The van der Waals surface area contributed by atoms with Crippen molar-refractivity contribution in [3.8, 4) is 0 Å². The predicted octanol–water partition coefficient (Wildman–Crippen LogP) is 3.20. The van der Waals surface area contributed by atoms with Crippen molar-refractivity contribution in [3.05, 3.63) is 35.4 Å². The first-order valence-electron chi connectivity index (χ1n) is 7.43. The highest BCUT2D eigenvalue weighted by Gasteiger charge is 1.95. The molecular formula is C16H26N4. The number of guanidine groups is 1. The molecule has 0 aliphatic carbocycles. The van der Waals surface area contributed by atoms with Crippen LogP contribution in [0.3, 0.4) is 0 Å². The average Bonchev–Trinajstić information content (AvgIpc) is 2.44. The van der Waals surface area contributed by atoms with Gasteiger partial charge in [0, 0.05) is 0 Å². The monoisotopic (exact) mass is 274 g/mol. The van der Waals surface area contributed by atoms with Gasteiger partial charge < -0.3 is 11.5 Å². The summed E-state index contributed by atoms with van der Waals surface area (Å²) in [6, 6.07) is 8.36. The standard InChI is InChI=1S/C16H26N4/c1-2-3-4-5-6-7-8-14-9-11-15(12-10-14)13-19-20-16(17)18/h9-13H,2-8H2,1H3,(H4,17,18,20)/b19-13+. The van der Waals surface area contributed by atoms with Crippen molar-refractivity contribution in [1.82, 2.24) is 0 Å². The van der Waals surface area contributed by atoms with E-state index in [1.165, 1.54) is 44.1 Å². The highest BCUT2D eigenvalue weighted by Crippen LogP contribution is 2.10. The highest BCUT2D eigenvalue weighted by atomic mass is 15.3. The largest absolute Gasteiger partial charge is 0.369 e. The molecule has 0 saturated carbocycles. The number of nitrogens with zero attached hydrogens (tertiary/aromatic N) is 2. The summed E-state index contributed by atoms with van der Waals surface area (Å²) in [5, 5.41) is 7.36. The Kier molecular flexibility index (Phi) is 8.11. The van der Waals surface area contributed by atoms with Gasteiger partial charge in [0.05, 0.1) is 6.21 Å². The summed E-state index contributed by atoms with van der Waals surface area (Å²) in [6.07, 6.45) is 10.8. The molecule has 1 aromatic rings. The number of aryl methyl sites for hydroxylation is 1. The Hall–Kier alpha value is -1.84. The molecule has 0 aliphatic rings. The molecule has 20 heavy (non-hydrogen) atoms. The van der Waals surface area contributed by atoms with Gasteiger partial charge in [-0.2, -0.15) is 5.10 Å². The van der Waals surface area contributed by atoms with Gasteiger partial charge in [-0.25, -0.2) is 0 Å². The molecule has 110 valence electrons. The van der Waals surface area contributed by atoms with Crippen LogP contribution in [0.15, 0.2) is 34.5 Å². The fraction of sp³-hybridized carbons (Fsp3) is 0.500. The van der Waals surface area contributed by atoms with E-state index in [1.807, 2.05) is 12.1 Å². The van der Waals surface area contributed by atoms with Gasteiger partial charge in [-0.05, 0) is 24.0 Å². The van der Waals surface area contributed by atoms with E-state index in [9.17, 15) is 0 Å². The highest BCUT2D eigenvalue weighted by molar-refractivity contribution is 5.81. The zero-order valence-corrected chi connectivity index (χ0v) is 12.4. The van der Waals surface area contributed by atoms with Crippen LogP contribution >= 0.6 is 0 Å². The Morgan fingerprint density at radius 2 is 1.65 bits per heavy atom. The number of hydrogen-bond acceptors (Lipinski definition) is 2. The van der Waals surface area contributed by atoms with Crippen molar-refractivity contribution >= 4 is 12.2 Å². The average molecular weight is 274 g/mol. The molecule has 4 N–H and O–H groups in total. The van der Waals surface area contributed by atoms with Gasteiger partial charge in [0.1, 0.15) is 0 Å². The number of rotatable bonds is 9. The Morgan fingerprint density at radius 3 is 2.30 bits per heavy atom. The van der Waals surface area contributed by atoms with Crippen molar-refractivity contribution in [3.63, 3.8) is 0 Å². The van der Waals surface area contributed by atoms with Gasteiger partial charge in [-0.15, -0.1) is 5.10 Å². The van der Waals surface area contributed by atoms with E-state index in [1.54, 1.807) is 6.21 Å². The summed E-state index contributed by atoms with van der Waals surface area (Å²) < 4.78 is 0. The molecule has 0 heterocycles. The smallest absolute Gasteiger partial charge is 0.211 e. The van der Waals surface area contributed by atoms with Crippen LogP contribution in [-0.2, 0) is 6.42 Å². The summed E-state index contributed by atoms with van der Waals surface area (Å²) in [4.78, 5) is 0. The summed E-state index contributed by atoms with van der Waals surface area (Å²) in [6.45, 7) is 2.25. The normalized spacial score (nSPS) is 10.8. The van der Waals surface area contributed by atoms with Crippen LogP contribution in [-0.4, -0.2) is 12.2 Å². The van der Waals surface area contributed by atoms with Crippen molar-refractivity contribution in [2.24, 2.45) is 21.7 Å². The Balaban J connectivity index is 2.28. The third-order valence-electron chi connectivity index (χ3n) is 3.18. The Labute approximate surface area is 122 Å². The minimum Gasteiger partial charge on any atom is -0.369 e. The quantitative estimate of drug-likeness (QED) is 0.314. The van der Waals surface area contributed by atoms with Crippen LogP contribution < -0.4 is 11.5 Å². The van der Waals surface area contributed by atoms with Gasteiger partial charge >= 0.3 is 0 Å². The molecule has 0 fully saturated rings. The maximum atomic E-state index is 5.19. The topological polar surface area (TPSA) is 76.8 Å². The number of hydrogen-bond donors (Lipinski definition) is 2. The molecule has 4 heteroatoms. The number of benzene rings is 1. The van der Waals surface area contributed by atoms with Crippen LogP contribution in [0.25, 0.3) is 0 Å². The van der Waals surface area contributed by atoms with Gasteiger partial charge in [0.25, 0.3) is 0 Å². The van der Waals surface area contributed by atoms with E-state index in [2.05, 4.69) is 29.3 Å². The molecule has 1 aromatic carbocycles. The zero-order chi connectivity index (χ0) is 14.6. The van der Waals surface area contributed by atoms with Crippen LogP contribution in [0.5, 0.6) is 0 Å². The molecule has 0 aliphatic heterocycles. The van der Waals surface area contributed by atoms with E-state index in [-0.39, 0.29) is 5.96 Å². The minimum absolute atomic E-state index is 0.0269. The van der Waals surface area contributed by atoms with Crippen LogP contribution in [0.1, 0.15) is 56.6 Å². The lowest BCUT2D eigenvalue weighted by molar-refractivity contribution is 0.607. The first-order valence-corrected chi connectivity index (χ1v) is 7.43. The van der Waals surface area contributed by atoms with Gasteiger partial charge in [0.15, 0.2) is 0 Å². The third kappa shape index (κ3) is 7.56. The van der Waals surface area contributed by atoms with Crippen molar-refractivity contribution in [2.75, 3.05) is 0 Å². The van der Waals surface area contributed by atoms with Crippen LogP contribution in [0.2, 0.25) is 0 Å². The minimum atomic E-state index is -0.0269. The molecule has 0 spiro atoms. The Bertz CT molecular complexity index is 417. The molecule has 0 unspecified atom stereocenters. The lowest BCUT2D eigenvalue weighted by Gasteiger charge is -2.02. The zero-order valence-electron chi connectivity index (χ0n) is 12.4. The van der Waals surface area contributed by atoms with E-state index < -0.39 is 0 Å². The molecule has 1 rings (SSSR count). The van der Waals surface area contributed by atoms with Crippen LogP contribution in [0, 0.1) is 0 Å². The first kappa shape index (κ1) is 16.2. The lowest BCUT2D eigenvalue weighted by Crippen LogP contribution is -2.21. The molecule has 0 aromatic heterocycles. The number of unbranched alkanes of at least 4 members (excludes halogenated alkanes) is 5. The summed E-state index contributed by atoms with van der Waals surface area (Å²) >= 11 is 0. The van der Waals surface area contributed by atoms with Gasteiger partial charge in [-0.3, -0.25) is 0 Å². The maximum absolute atomic E-state index is 5.19. The Morgan fingerprint density at radius 1 is 1.00 bits per heavy atom. The first-order chi connectivity index (χ1) is 9.72. The fourth-order valence-corrected chi connectivity index (χ4v) is 2.04. The van der Waals surface area contributed by atoms with Crippen molar-refractivity contribution in [2.45, 2.75) is 51.9 Å².